The summed E-state index contributed by atoms with van der Waals surface area (Å²) in [6.45, 7) is 6.14. The van der Waals surface area contributed by atoms with Crippen LogP contribution in [-0.4, -0.2) is 5.78 Å². The Hall–Kier alpha value is -1.11. The lowest BCUT2D eigenvalue weighted by Crippen LogP contribution is -2.28. The average Bonchev–Trinajstić information content (AvgIpc) is 2.27. The molecule has 1 rings (SSSR count). The molecule has 0 amide bonds. The second-order valence-electron chi connectivity index (χ2n) is 4.52. The van der Waals surface area contributed by atoms with Crippen LogP contribution in [0.5, 0.6) is 0 Å². The molecular weight excluding hydrogens is 184 g/mol. The van der Waals surface area contributed by atoms with Crippen molar-refractivity contribution in [2.45, 2.75) is 45.4 Å². The molecule has 0 saturated heterocycles. The van der Waals surface area contributed by atoms with Crippen LogP contribution in [0.1, 0.15) is 45.6 Å². The van der Waals surface area contributed by atoms with E-state index in [1.165, 1.54) is 0 Å². The van der Waals surface area contributed by atoms with Gasteiger partial charge in [0.1, 0.15) is 5.78 Å². The molecule has 0 heterocycles. The molecule has 1 heteroatoms. The number of benzene rings is 1. The van der Waals surface area contributed by atoms with Crippen molar-refractivity contribution in [2.24, 2.45) is 0 Å². The van der Waals surface area contributed by atoms with E-state index in [0.717, 1.165) is 18.4 Å². The first-order valence-electron chi connectivity index (χ1n) is 5.68. The van der Waals surface area contributed by atoms with Gasteiger partial charge in [-0.05, 0) is 25.8 Å². The highest BCUT2D eigenvalue weighted by Gasteiger charge is 2.28. The monoisotopic (exact) mass is 204 g/mol. The Labute approximate surface area is 92.5 Å². The third-order valence-corrected chi connectivity index (χ3v) is 2.95. The zero-order valence-electron chi connectivity index (χ0n) is 9.92. The Kier molecular flexibility index (Phi) is 4.07. The van der Waals surface area contributed by atoms with Gasteiger partial charge in [0.2, 0.25) is 0 Å². The van der Waals surface area contributed by atoms with Gasteiger partial charge in [-0.15, -0.1) is 0 Å². The van der Waals surface area contributed by atoms with Crippen molar-refractivity contribution in [1.29, 1.82) is 0 Å². The fourth-order valence-electron chi connectivity index (χ4n) is 1.67. The zero-order valence-corrected chi connectivity index (χ0v) is 9.92. The van der Waals surface area contributed by atoms with Crippen LogP contribution in [-0.2, 0) is 10.2 Å². The summed E-state index contributed by atoms with van der Waals surface area (Å²) >= 11 is 0. The molecule has 0 aliphatic heterocycles. The number of ketones is 1. The van der Waals surface area contributed by atoms with E-state index < -0.39 is 0 Å². The Morgan fingerprint density at radius 2 is 1.80 bits per heavy atom. The van der Waals surface area contributed by atoms with Gasteiger partial charge in [0.15, 0.2) is 0 Å². The molecule has 1 aromatic carbocycles. The number of unbranched alkanes of at least 4 members (excludes halogenated alkanes) is 1. The van der Waals surface area contributed by atoms with E-state index in [4.69, 9.17) is 0 Å². The lowest BCUT2D eigenvalue weighted by atomic mass is 9.79. The quantitative estimate of drug-likeness (QED) is 0.714. The second-order valence-corrected chi connectivity index (χ2v) is 4.52. The van der Waals surface area contributed by atoms with Crippen molar-refractivity contribution in [3.63, 3.8) is 0 Å². The minimum absolute atomic E-state index is 0.337. The Morgan fingerprint density at radius 3 is 2.33 bits per heavy atom. The largest absolute Gasteiger partial charge is 0.299 e. The molecule has 0 aliphatic carbocycles. The lowest BCUT2D eigenvalue weighted by molar-refractivity contribution is -0.123. The van der Waals surface area contributed by atoms with Crippen molar-refractivity contribution in [3.8, 4) is 0 Å². The SMILES string of the molecule is CCCCC(=O)C(C)(C)c1ccccc1. The molecule has 0 saturated carbocycles. The van der Waals surface area contributed by atoms with Gasteiger partial charge in [-0.3, -0.25) is 4.79 Å². The lowest BCUT2D eigenvalue weighted by Gasteiger charge is -2.23. The number of carbonyl (C=O) groups excluding carboxylic acids is 1. The number of Topliss-reactive ketones (excluding diaryl/α,β-unsaturated/α-hetero) is 1. The summed E-state index contributed by atoms with van der Waals surface area (Å²) in [6, 6.07) is 10.0. The maximum absolute atomic E-state index is 12.0. The summed E-state index contributed by atoms with van der Waals surface area (Å²) in [5.74, 6) is 0.343. The summed E-state index contributed by atoms with van der Waals surface area (Å²) in [6.07, 6.45) is 2.77. The summed E-state index contributed by atoms with van der Waals surface area (Å²) in [5, 5.41) is 0. The van der Waals surface area contributed by atoms with Crippen LogP contribution in [0.25, 0.3) is 0 Å². The van der Waals surface area contributed by atoms with E-state index in [-0.39, 0.29) is 5.41 Å². The summed E-state index contributed by atoms with van der Waals surface area (Å²) in [4.78, 5) is 12.0. The molecule has 0 atom stereocenters. The fourth-order valence-corrected chi connectivity index (χ4v) is 1.67. The highest BCUT2D eigenvalue weighted by Crippen LogP contribution is 2.25. The molecule has 0 aliphatic rings. The molecule has 0 aromatic heterocycles. The first-order valence-corrected chi connectivity index (χ1v) is 5.68. The van der Waals surface area contributed by atoms with Crippen molar-refractivity contribution >= 4 is 5.78 Å². The van der Waals surface area contributed by atoms with Crippen LogP contribution in [0.2, 0.25) is 0 Å². The van der Waals surface area contributed by atoms with E-state index in [1.54, 1.807) is 0 Å². The standard InChI is InChI=1S/C14H20O/c1-4-5-11-13(15)14(2,3)12-9-7-6-8-10-12/h6-10H,4-5,11H2,1-3H3. The van der Waals surface area contributed by atoms with Gasteiger partial charge in [-0.25, -0.2) is 0 Å². The molecule has 0 spiro atoms. The average molecular weight is 204 g/mol. The summed E-state index contributed by atoms with van der Waals surface area (Å²) < 4.78 is 0. The van der Waals surface area contributed by atoms with Crippen molar-refractivity contribution in [2.75, 3.05) is 0 Å². The smallest absolute Gasteiger partial charge is 0.142 e. The molecule has 1 aromatic rings. The number of hydrogen-bond donors (Lipinski definition) is 0. The number of hydrogen-bond acceptors (Lipinski definition) is 1. The van der Waals surface area contributed by atoms with E-state index in [1.807, 2.05) is 44.2 Å². The van der Waals surface area contributed by atoms with Crippen LogP contribution < -0.4 is 0 Å². The van der Waals surface area contributed by atoms with Crippen LogP contribution in [0.15, 0.2) is 30.3 Å². The predicted octanol–water partition coefficient (Wildman–Crippen LogP) is 3.72. The molecule has 0 unspecified atom stereocenters. The van der Waals surface area contributed by atoms with E-state index >= 15 is 0 Å². The number of rotatable bonds is 5. The Morgan fingerprint density at radius 1 is 1.20 bits per heavy atom. The van der Waals surface area contributed by atoms with Crippen molar-refractivity contribution in [1.82, 2.24) is 0 Å². The third kappa shape index (κ3) is 2.92. The van der Waals surface area contributed by atoms with Gasteiger partial charge < -0.3 is 0 Å². The van der Waals surface area contributed by atoms with Gasteiger partial charge in [0, 0.05) is 11.8 Å². The molecule has 1 nitrogen and oxygen atoms in total. The molecule has 0 radical (unpaired) electrons. The summed E-state index contributed by atoms with van der Waals surface area (Å²) in [7, 11) is 0. The highest BCUT2D eigenvalue weighted by molar-refractivity contribution is 5.89. The van der Waals surface area contributed by atoms with Crippen LogP contribution in [0, 0.1) is 0 Å². The van der Waals surface area contributed by atoms with Gasteiger partial charge in [0.05, 0.1) is 0 Å². The molecular formula is C14H20O. The minimum atomic E-state index is -0.337. The van der Waals surface area contributed by atoms with Gasteiger partial charge >= 0.3 is 0 Å². The van der Waals surface area contributed by atoms with Gasteiger partial charge in [-0.2, -0.15) is 0 Å². The van der Waals surface area contributed by atoms with Crippen LogP contribution in [0.3, 0.4) is 0 Å². The van der Waals surface area contributed by atoms with Crippen LogP contribution >= 0.6 is 0 Å². The third-order valence-electron chi connectivity index (χ3n) is 2.95. The summed E-state index contributed by atoms with van der Waals surface area (Å²) in [5.41, 5.74) is 0.780. The molecule has 0 bridgehead atoms. The zero-order chi connectivity index (χ0) is 11.3. The second kappa shape index (κ2) is 5.11. The van der Waals surface area contributed by atoms with Gasteiger partial charge in [0.25, 0.3) is 0 Å². The van der Waals surface area contributed by atoms with Crippen LogP contribution in [0.4, 0.5) is 0 Å². The first kappa shape index (κ1) is 12.0. The van der Waals surface area contributed by atoms with Crippen molar-refractivity contribution < 1.29 is 4.79 Å². The number of carbonyl (C=O) groups is 1. The maximum atomic E-state index is 12.0. The van der Waals surface area contributed by atoms with Gasteiger partial charge in [-0.1, -0.05) is 43.7 Å². The minimum Gasteiger partial charge on any atom is -0.299 e. The van der Waals surface area contributed by atoms with E-state index in [0.29, 0.717) is 12.2 Å². The first-order chi connectivity index (χ1) is 7.09. The molecule has 0 fully saturated rings. The topological polar surface area (TPSA) is 17.1 Å². The Bertz CT molecular complexity index is 311. The normalized spacial score (nSPS) is 11.4. The Balaban J connectivity index is 2.78. The van der Waals surface area contributed by atoms with Crippen molar-refractivity contribution in [3.05, 3.63) is 35.9 Å². The van der Waals surface area contributed by atoms with E-state index in [9.17, 15) is 4.79 Å². The highest BCUT2D eigenvalue weighted by atomic mass is 16.1. The fraction of sp³-hybridized carbons (Fsp3) is 0.500. The molecule has 15 heavy (non-hydrogen) atoms. The predicted molar refractivity (Wildman–Crippen MR) is 64.0 cm³/mol. The molecule has 0 N–H and O–H groups in total. The molecule has 82 valence electrons. The van der Waals surface area contributed by atoms with E-state index in [2.05, 4.69) is 6.92 Å². The maximum Gasteiger partial charge on any atom is 0.142 e.